The van der Waals surface area contributed by atoms with E-state index in [1.54, 1.807) is 18.5 Å². The fourth-order valence-corrected chi connectivity index (χ4v) is 5.48. The summed E-state index contributed by atoms with van der Waals surface area (Å²) >= 11 is 0. The minimum absolute atomic E-state index is 0.218. The summed E-state index contributed by atoms with van der Waals surface area (Å²) in [6.07, 6.45) is 4.97. The number of nitrogen functional groups attached to an aromatic ring is 1. The van der Waals surface area contributed by atoms with Crippen molar-refractivity contribution in [3.8, 4) is 16.9 Å². The molecule has 6 heteroatoms. The largest absolute Gasteiger partial charge is 0.494 e. The van der Waals surface area contributed by atoms with E-state index < -0.39 is 9.84 Å². The van der Waals surface area contributed by atoms with E-state index in [2.05, 4.69) is 17.1 Å². The topological polar surface area (TPSA) is 82.3 Å². The quantitative estimate of drug-likeness (QED) is 0.728. The fraction of sp³-hybridized carbons (Fsp3) is 0.286. The maximum absolute atomic E-state index is 11.5. The first-order valence-electron chi connectivity index (χ1n) is 9.07. The normalized spacial score (nSPS) is 18.6. The van der Waals surface area contributed by atoms with Crippen LogP contribution in [0.3, 0.4) is 0 Å². The molecule has 0 radical (unpaired) electrons. The predicted molar refractivity (Wildman–Crippen MR) is 108 cm³/mol. The van der Waals surface area contributed by atoms with Crippen molar-refractivity contribution in [2.75, 3.05) is 23.8 Å². The highest BCUT2D eigenvalue weighted by atomic mass is 32.2. The van der Waals surface area contributed by atoms with Gasteiger partial charge in [0.25, 0.3) is 0 Å². The number of nitrogens with zero attached hydrogens (tertiary/aromatic N) is 1. The Labute approximate surface area is 159 Å². The lowest BCUT2D eigenvalue weighted by Crippen LogP contribution is -2.09. The van der Waals surface area contributed by atoms with E-state index in [4.69, 9.17) is 10.5 Å². The number of benzene rings is 2. The summed E-state index contributed by atoms with van der Waals surface area (Å²) in [5.74, 6) is 1.62. The van der Waals surface area contributed by atoms with Crippen LogP contribution < -0.4 is 10.5 Å². The second-order valence-corrected chi connectivity index (χ2v) is 9.32. The van der Waals surface area contributed by atoms with Crippen LogP contribution in [0.15, 0.2) is 54.9 Å². The Morgan fingerprint density at radius 3 is 2.74 bits per heavy atom. The molecule has 2 N–H and O–H groups in total. The minimum Gasteiger partial charge on any atom is -0.494 e. The molecule has 0 saturated carbocycles. The van der Waals surface area contributed by atoms with Gasteiger partial charge in [-0.2, -0.15) is 0 Å². The molecule has 1 aliphatic heterocycles. The van der Waals surface area contributed by atoms with E-state index in [1.165, 1.54) is 0 Å². The minimum atomic E-state index is -2.82. The molecule has 0 bridgehead atoms. The van der Waals surface area contributed by atoms with Crippen LogP contribution in [0, 0.1) is 5.92 Å². The maximum Gasteiger partial charge on any atom is 0.150 e. The standard InChI is InChI=1S/C21H22N2O3S/c22-21-5-8-23-13-20(21)17-2-1-16-3-4-19(12-18(16)11-17)26-9-6-15-7-10-27(24,25)14-15/h1-5,8,11-13,15H,6-7,9-10,14H2,(H2,22,23). The van der Waals surface area contributed by atoms with Crippen molar-refractivity contribution in [2.45, 2.75) is 12.8 Å². The van der Waals surface area contributed by atoms with Crippen molar-refractivity contribution in [1.82, 2.24) is 4.98 Å². The highest BCUT2D eigenvalue weighted by Gasteiger charge is 2.27. The van der Waals surface area contributed by atoms with Gasteiger partial charge >= 0.3 is 0 Å². The van der Waals surface area contributed by atoms with E-state index in [0.717, 1.165) is 40.5 Å². The third kappa shape index (κ3) is 4.06. The first-order chi connectivity index (χ1) is 13.0. The van der Waals surface area contributed by atoms with Crippen molar-refractivity contribution >= 4 is 26.3 Å². The molecule has 27 heavy (non-hydrogen) atoms. The third-order valence-corrected chi connectivity index (χ3v) is 6.94. The third-order valence-electron chi connectivity index (χ3n) is 5.10. The predicted octanol–water partition coefficient (Wildman–Crippen LogP) is 3.69. The maximum atomic E-state index is 11.5. The monoisotopic (exact) mass is 382 g/mol. The van der Waals surface area contributed by atoms with E-state index in [9.17, 15) is 8.42 Å². The molecule has 0 spiro atoms. The Morgan fingerprint density at radius 1 is 1.11 bits per heavy atom. The SMILES string of the molecule is Nc1ccncc1-c1ccc2ccc(OCCC3CCS(=O)(=O)C3)cc2c1. The van der Waals surface area contributed by atoms with Crippen LogP contribution in [0.5, 0.6) is 5.75 Å². The number of hydrogen-bond donors (Lipinski definition) is 1. The Hall–Kier alpha value is -2.60. The molecule has 3 aromatic rings. The van der Waals surface area contributed by atoms with Crippen LogP contribution in [0.4, 0.5) is 5.69 Å². The number of hydrogen-bond acceptors (Lipinski definition) is 5. The van der Waals surface area contributed by atoms with Crippen molar-refractivity contribution in [1.29, 1.82) is 0 Å². The fourth-order valence-electron chi connectivity index (χ4n) is 3.57. The number of sulfone groups is 1. The van der Waals surface area contributed by atoms with Crippen LogP contribution in [0.2, 0.25) is 0 Å². The number of ether oxygens (including phenoxy) is 1. The lowest BCUT2D eigenvalue weighted by molar-refractivity contribution is 0.286. The average molecular weight is 382 g/mol. The van der Waals surface area contributed by atoms with Gasteiger partial charge in [0, 0.05) is 23.6 Å². The van der Waals surface area contributed by atoms with Crippen molar-refractivity contribution in [2.24, 2.45) is 5.92 Å². The molecule has 5 nitrogen and oxygen atoms in total. The second-order valence-electron chi connectivity index (χ2n) is 7.09. The van der Waals surface area contributed by atoms with Gasteiger partial charge in [0.1, 0.15) is 5.75 Å². The highest BCUT2D eigenvalue weighted by Crippen LogP contribution is 2.30. The van der Waals surface area contributed by atoms with Gasteiger partial charge < -0.3 is 10.5 Å². The number of rotatable bonds is 5. The van der Waals surface area contributed by atoms with Gasteiger partial charge in [-0.1, -0.05) is 18.2 Å². The van der Waals surface area contributed by atoms with E-state index in [1.807, 2.05) is 24.3 Å². The molecule has 1 aromatic heterocycles. The van der Waals surface area contributed by atoms with E-state index >= 15 is 0 Å². The van der Waals surface area contributed by atoms with Crippen molar-refractivity contribution in [3.05, 3.63) is 54.9 Å². The molecular formula is C21H22N2O3S. The van der Waals surface area contributed by atoms with Gasteiger partial charge in [-0.3, -0.25) is 4.98 Å². The van der Waals surface area contributed by atoms with Gasteiger partial charge in [-0.15, -0.1) is 0 Å². The lowest BCUT2D eigenvalue weighted by Gasteiger charge is -2.11. The van der Waals surface area contributed by atoms with Crippen LogP contribution in [-0.2, 0) is 9.84 Å². The van der Waals surface area contributed by atoms with E-state index in [0.29, 0.717) is 23.8 Å². The van der Waals surface area contributed by atoms with Gasteiger partial charge in [0.15, 0.2) is 9.84 Å². The van der Waals surface area contributed by atoms with Gasteiger partial charge in [-0.25, -0.2) is 8.42 Å². The molecule has 0 aliphatic carbocycles. The number of pyridine rings is 1. The molecule has 1 fully saturated rings. The smallest absolute Gasteiger partial charge is 0.150 e. The Balaban J connectivity index is 1.49. The summed E-state index contributed by atoms with van der Waals surface area (Å²) in [7, 11) is -2.82. The summed E-state index contributed by atoms with van der Waals surface area (Å²) in [6.45, 7) is 0.529. The molecule has 2 heterocycles. The second kappa shape index (κ2) is 7.19. The zero-order valence-corrected chi connectivity index (χ0v) is 15.8. The van der Waals surface area contributed by atoms with Gasteiger partial charge in [0.2, 0.25) is 0 Å². The summed E-state index contributed by atoms with van der Waals surface area (Å²) in [5, 5.41) is 2.19. The zero-order chi connectivity index (χ0) is 18.9. The van der Waals surface area contributed by atoms with Crippen LogP contribution in [0.1, 0.15) is 12.8 Å². The molecule has 1 unspecified atom stereocenters. The molecule has 2 aromatic carbocycles. The molecular weight excluding hydrogens is 360 g/mol. The summed E-state index contributed by atoms with van der Waals surface area (Å²) in [6, 6.07) is 14.0. The molecule has 1 saturated heterocycles. The summed E-state index contributed by atoms with van der Waals surface area (Å²) < 4.78 is 29.0. The molecule has 140 valence electrons. The first kappa shape index (κ1) is 17.8. The van der Waals surface area contributed by atoms with Crippen LogP contribution >= 0.6 is 0 Å². The number of fused-ring (bicyclic) bond motifs is 1. The van der Waals surface area contributed by atoms with Gasteiger partial charge in [0.05, 0.1) is 18.1 Å². The van der Waals surface area contributed by atoms with Gasteiger partial charge in [-0.05, 0) is 59.4 Å². The Bertz CT molecular complexity index is 1080. The molecule has 1 atom stereocenters. The van der Waals surface area contributed by atoms with E-state index in [-0.39, 0.29) is 5.92 Å². The number of anilines is 1. The van der Waals surface area contributed by atoms with Crippen LogP contribution in [0.25, 0.3) is 21.9 Å². The molecule has 1 aliphatic rings. The number of aromatic nitrogens is 1. The molecule has 0 amide bonds. The first-order valence-corrected chi connectivity index (χ1v) is 10.9. The summed E-state index contributed by atoms with van der Waals surface area (Å²) in [4.78, 5) is 4.16. The lowest BCUT2D eigenvalue weighted by atomic mass is 10.0. The zero-order valence-electron chi connectivity index (χ0n) is 15.0. The summed E-state index contributed by atoms with van der Waals surface area (Å²) in [5.41, 5.74) is 8.69. The highest BCUT2D eigenvalue weighted by molar-refractivity contribution is 7.91. The average Bonchev–Trinajstić information content (AvgIpc) is 3.00. The Morgan fingerprint density at radius 2 is 1.96 bits per heavy atom. The van der Waals surface area contributed by atoms with Crippen LogP contribution in [-0.4, -0.2) is 31.5 Å². The van der Waals surface area contributed by atoms with Crippen molar-refractivity contribution in [3.63, 3.8) is 0 Å². The Kier molecular flexibility index (Phi) is 4.74. The molecule has 4 rings (SSSR count). The van der Waals surface area contributed by atoms with Crippen molar-refractivity contribution < 1.29 is 13.2 Å². The number of nitrogens with two attached hydrogens (primary N) is 1.